The van der Waals surface area contributed by atoms with Crippen molar-refractivity contribution in [1.82, 2.24) is 10.3 Å². The molecule has 3 unspecified atom stereocenters. The Hall–Kier alpha value is -2.20. The number of nitriles is 1. The van der Waals surface area contributed by atoms with Crippen molar-refractivity contribution in [1.29, 1.82) is 5.26 Å². The molecule has 1 aromatic heterocycles. The lowest BCUT2D eigenvalue weighted by Gasteiger charge is -2.25. The number of nitrogens with zero attached hydrogens (tertiary/aromatic N) is 4. The number of pyridine rings is 1. The van der Waals surface area contributed by atoms with Crippen LogP contribution in [-0.4, -0.2) is 35.6 Å². The molecule has 3 atom stereocenters. The van der Waals surface area contributed by atoms with Gasteiger partial charge in [-0.3, -0.25) is 10.1 Å². The average Bonchev–Trinajstić information content (AvgIpc) is 3.01. The third-order valence-electron chi connectivity index (χ3n) is 4.39. The molecule has 3 heterocycles. The van der Waals surface area contributed by atoms with Crippen molar-refractivity contribution >= 4 is 11.5 Å². The summed E-state index contributed by atoms with van der Waals surface area (Å²) in [5, 5.41) is 23.2. The fourth-order valence-corrected chi connectivity index (χ4v) is 3.30. The summed E-state index contributed by atoms with van der Waals surface area (Å²) < 4.78 is 0. The van der Waals surface area contributed by atoms with E-state index in [0.717, 1.165) is 19.6 Å². The molecule has 104 valence electrons. The first-order valence-electron chi connectivity index (χ1n) is 6.64. The first-order chi connectivity index (χ1) is 9.61. The van der Waals surface area contributed by atoms with Crippen LogP contribution < -0.4 is 10.2 Å². The van der Waals surface area contributed by atoms with E-state index in [0.29, 0.717) is 23.7 Å². The molecule has 7 nitrogen and oxygen atoms in total. The molecular weight excluding hydrogens is 258 g/mol. The van der Waals surface area contributed by atoms with Gasteiger partial charge in [-0.2, -0.15) is 5.26 Å². The number of hydrogen-bond donors (Lipinski definition) is 1. The van der Waals surface area contributed by atoms with Crippen LogP contribution in [0.3, 0.4) is 0 Å². The standard InChI is InChI=1S/C13H15N5O2/c1-8-10-6-15-5-9(10)7-17(8)13-3-2-12(18(19)20)11(4-14)16-13/h2-3,8-10,15H,5-7H2,1H3. The summed E-state index contributed by atoms with van der Waals surface area (Å²) in [5.41, 5.74) is -0.347. The molecule has 3 rings (SSSR count). The summed E-state index contributed by atoms with van der Waals surface area (Å²) in [5.74, 6) is 1.83. The normalized spacial score (nSPS) is 28.2. The van der Waals surface area contributed by atoms with Crippen molar-refractivity contribution in [3.05, 3.63) is 27.9 Å². The SMILES string of the molecule is CC1C2CNCC2CN1c1ccc([N+](=O)[O-])c(C#N)n1. The molecule has 0 radical (unpaired) electrons. The maximum atomic E-state index is 10.8. The van der Waals surface area contributed by atoms with Crippen LogP contribution in [0.15, 0.2) is 12.1 Å². The van der Waals surface area contributed by atoms with Gasteiger partial charge in [-0.15, -0.1) is 0 Å². The zero-order valence-electron chi connectivity index (χ0n) is 11.1. The molecule has 2 fully saturated rings. The summed E-state index contributed by atoms with van der Waals surface area (Å²) in [6.07, 6.45) is 0. The van der Waals surface area contributed by atoms with Crippen LogP contribution in [0.1, 0.15) is 12.6 Å². The molecule has 20 heavy (non-hydrogen) atoms. The molecule has 2 aliphatic rings. The first kappa shape index (κ1) is 12.8. The van der Waals surface area contributed by atoms with Crippen LogP contribution in [0.5, 0.6) is 0 Å². The first-order valence-corrected chi connectivity index (χ1v) is 6.64. The Morgan fingerprint density at radius 1 is 1.55 bits per heavy atom. The number of nitrogens with one attached hydrogen (secondary N) is 1. The largest absolute Gasteiger partial charge is 0.353 e. The van der Waals surface area contributed by atoms with Gasteiger partial charge >= 0.3 is 5.69 Å². The van der Waals surface area contributed by atoms with Crippen molar-refractivity contribution in [3.8, 4) is 6.07 Å². The number of fused-ring (bicyclic) bond motifs is 1. The van der Waals surface area contributed by atoms with Gasteiger partial charge in [0, 0.05) is 31.7 Å². The van der Waals surface area contributed by atoms with E-state index in [4.69, 9.17) is 5.26 Å². The van der Waals surface area contributed by atoms with Gasteiger partial charge in [0.25, 0.3) is 0 Å². The Labute approximate surface area is 116 Å². The predicted molar refractivity (Wildman–Crippen MR) is 72.3 cm³/mol. The Bertz CT molecular complexity index is 597. The Kier molecular flexibility index (Phi) is 3.03. The fraction of sp³-hybridized carbons (Fsp3) is 0.538. The number of anilines is 1. The number of aromatic nitrogens is 1. The van der Waals surface area contributed by atoms with E-state index in [9.17, 15) is 10.1 Å². The minimum atomic E-state index is -0.568. The molecule has 0 amide bonds. The van der Waals surface area contributed by atoms with Gasteiger partial charge in [-0.05, 0) is 24.8 Å². The van der Waals surface area contributed by atoms with E-state index in [2.05, 4.69) is 22.1 Å². The van der Waals surface area contributed by atoms with E-state index < -0.39 is 4.92 Å². The van der Waals surface area contributed by atoms with Crippen molar-refractivity contribution in [2.24, 2.45) is 11.8 Å². The Morgan fingerprint density at radius 2 is 2.35 bits per heavy atom. The van der Waals surface area contributed by atoms with Gasteiger partial charge < -0.3 is 10.2 Å². The Balaban J connectivity index is 1.92. The molecule has 0 aliphatic carbocycles. The highest BCUT2D eigenvalue weighted by Gasteiger charge is 2.42. The fourth-order valence-electron chi connectivity index (χ4n) is 3.30. The van der Waals surface area contributed by atoms with Gasteiger partial charge in [0.1, 0.15) is 11.9 Å². The Morgan fingerprint density at radius 3 is 3.00 bits per heavy atom. The van der Waals surface area contributed by atoms with Crippen molar-refractivity contribution in [2.75, 3.05) is 24.5 Å². The number of hydrogen-bond acceptors (Lipinski definition) is 6. The third kappa shape index (κ3) is 1.89. The lowest BCUT2D eigenvalue weighted by Crippen LogP contribution is -2.33. The molecule has 0 saturated carbocycles. The maximum Gasteiger partial charge on any atom is 0.305 e. The van der Waals surface area contributed by atoms with E-state index >= 15 is 0 Å². The molecule has 0 aromatic carbocycles. The van der Waals surface area contributed by atoms with Crippen LogP contribution in [0.25, 0.3) is 0 Å². The lowest BCUT2D eigenvalue weighted by atomic mass is 9.95. The number of nitro groups is 1. The molecule has 1 aromatic rings. The van der Waals surface area contributed by atoms with Gasteiger partial charge in [0.15, 0.2) is 0 Å². The topological polar surface area (TPSA) is 95.1 Å². The van der Waals surface area contributed by atoms with Gasteiger partial charge in [-0.1, -0.05) is 0 Å². The second-order valence-corrected chi connectivity index (χ2v) is 5.38. The van der Waals surface area contributed by atoms with Crippen LogP contribution in [0.2, 0.25) is 0 Å². The summed E-state index contributed by atoms with van der Waals surface area (Å²) in [6, 6.07) is 5.16. The average molecular weight is 273 g/mol. The molecule has 0 bridgehead atoms. The molecule has 2 saturated heterocycles. The zero-order valence-corrected chi connectivity index (χ0v) is 11.1. The highest BCUT2D eigenvalue weighted by Crippen LogP contribution is 2.35. The maximum absolute atomic E-state index is 10.8. The lowest BCUT2D eigenvalue weighted by molar-refractivity contribution is -0.385. The second-order valence-electron chi connectivity index (χ2n) is 5.38. The van der Waals surface area contributed by atoms with Crippen LogP contribution in [0.4, 0.5) is 11.5 Å². The minimum absolute atomic E-state index is 0.116. The summed E-state index contributed by atoms with van der Waals surface area (Å²) >= 11 is 0. The highest BCUT2D eigenvalue weighted by molar-refractivity contribution is 5.52. The van der Waals surface area contributed by atoms with E-state index in [1.165, 1.54) is 6.07 Å². The van der Waals surface area contributed by atoms with Gasteiger partial charge in [-0.25, -0.2) is 4.98 Å². The summed E-state index contributed by atoms with van der Waals surface area (Å²) in [6.45, 7) is 5.03. The second kappa shape index (κ2) is 4.72. The van der Waals surface area contributed by atoms with E-state index in [1.54, 1.807) is 6.07 Å². The smallest absolute Gasteiger partial charge is 0.305 e. The monoisotopic (exact) mass is 273 g/mol. The van der Waals surface area contributed by atoms with E-state index in [-0.39, 0.29) is 11.4 Å². The molecule has 0 spiro atoms. The van der Waals surface area contributed by atoms with Crippen molar-refractivity contribution in [2.45, 2.75) is 13.0 Å². The van der Waals surface area contributed by atoms with Crippen LogP contribution in [-0.2, 0) is 0 Å². The molecule has 2 aliphatic heterocycles. The van der Waals surface area contributed by atoms with Crippen molar-refractivity contribution in [3.63, 3.8) is 0 Å². The summed E-state index contributed by atoms with van der Waals surface area (Å²) in [4.78, 5) is 16.6. The minimum Gasteiger partial charge on any atom is -0.353 e. The van der Waals surface area contributed by atoms with Gasteiger partial charge in [0.05, 0.1) is 4.92 Å². The van der Waals surface area contributed by atoms with Crippen LogP contribution >= 0.6 is 0 Å². The predicted octanol–water partition coefficient (Wildman–Crippen LogP) is 0.906. The zero-order chi connectivity index (χ0) is 14.3. The third-order valence-corrected chi connectivity index (χ3v) is 4.39. The highest BCUT2D eigenvalue weighted by atomic mass is 16.6. The van der Waals surface area contributed by atoms with Crippen molar-refractivity contribution < 1.29 is 4.92 Å². The van der Waals surface area contributed by atoms with Gasteiger partial charge in [0.2, 0.25) is 5.69 Å². The summed E-state index contributed by atoms with van der Waals surface area (Å²) in [7, 11) is 0. The van der Waals surface area contributed by atoms with E-state index in [1.807, 2.05) is 6.07 Å². The molecule has 7 heteroatoms. The molecule has 1 N–H and O–H groups in total. The van der Waals surface area contributed by atoms with Crippen LogP contribution in [0, 0.1) is 33.3 Å². The molecular formula is C13H15N5O2. The number of rotatable bonds is 2. The quantitative estimate of drug-likeness (QED) is 0.635.